The van der Waals surface area contributed by atoms with Gasteiger partial charge in [0, 0.05) is 43.9 Å². The average molecular weight is 452 g/mol. The number of benzene rings is 1. The second-order valence-electron chi connectivity index (χ2n) is 8.43. The SMILES string of the molecule is Fc1ccc(C2CN(Cc3ccn4c(CC5CC5)nnc4c3C(F)(F)F)CCO2)c(F)c1. The van der Waals surface area contributed by atoms with Crippen molar-refractivity contribution in [2.24, 2.45) is 5.92 Å². The summed E-state index contributed by atoms with van der Waals surface area (Å²) in [6.45, 7) is 0.798. The molecule has 5 rings (SSSR count). The molecule has 32 heavy (non-hydrogen) atoms. The van der Waals surface area contributed by atoms with E-state index in [0.29, 0.717) is 24.7 Å². The number of hydrogen-bond donors (Lipinski definition) is 0. The van der Waals surface area contributed by atoms with Crippen LogP contribution in [0.4, 0.5) is 22.0 Å². The highest BCUT2D eigenvalue weighted by molar-refractivity contribution is 5.53. The number of halogens is 5. The van der Waals surface area contributed by atoms with Crippen LogP contribution in [0.3, 0.4) is 0 Å². The Labute approximate surface area is 180 Å². The third-order valence-corrected chi connectivity index (χ3v) is 6.04. The highest BCUT2D eigenvalue weighted by Gasteiger charge is 2.38. The average Bonchev–Trinajstić information content (AvgIpc) is 3.46. The van der Waals surface area contributed by atoms with E-state index in [9.17, 15) is 22.0 Å². The number of fused-ring (bicyclic) bond motifs is 1. The van der Waals surface area contributed by atoms with E-state index in [1.807, 2.05) is 0 Å². The van der Waals surface area contributed by atoms with Crippen molar-refractivity contribution < 1.29 is 26.7 Å². The summed E-state index contributed by atoms with van der Waals surface area (Å²) in [4.78, 5) is 1.78. The molecule has 2 aromatic heterocycles. The number of morpholine rings is 1. The van der Waals surface area contributed by atoms with Crippen LogP contribution in [-0.4, -0.2) is 39.2 Å². The number of rotatable bonds is 5. The molecule has 5 nitrogen and oxygen atoms in total. The Kier molecular flexibility index (Phi) is 5.37. The highest BCUT2D eigenvalue weighted by Crippen LogP contribution is 2.37. The minimum absolute atomic E-state index is 0.00116. The van der Waals surface area contributed by atoms with Gasteiger partial charge >= 0.3 is 6.18 Å². The minimum atomic E-state index is -4.60. The summed E-state index contributed by atoms with van der Waals surface area (Å²) >= 11 is 0. The van der Waals surface area contributed by atoms with Crippen LogP contribution in [0, 0.1) is 17.6 Å². The van der Waals surface area contributed by atoms with Gasteiger partial charge in [0.2, 0.25) is 0 Å². The van der Waals surface area contributed by atoms with Gasteiger partial charge in [-0.2, -0.15) is 13.2 Å². The van der Waals surface area contributed by atoms with Gasteiger partial charge < -0.3 is 4.74 Å². The van der Waals surface area contributed by atoms with Gasteiger partial charge in [0.05, 0.1) is 12.7 Å². The summed E-state index contributed by atoms with van der Waals surface area (Å²) in [5.74, 6) is -0.427. The van der Waals surface area contributed by atoms with E-state index in [-0.39, 0.29) is 36.5 Å². The van der Waals surface area contributed by atoms with Crippen LogP contribution in [-0.2, 0) is 23.9 Å². The van der Waals surface area contributed by atoms with Crippen molar-refractivity contribution in [2.75, 3.05) is 19.7 Å². The van der Waals surface area contributed by atoms with Crippen molar-refractivity contribution in [2.45, 2.75) is 38.1 Å². The molecule has 0 spiro atoms. The molecular weight excluding hydrogens is 431 g/mol. The molecule has 2 aliphatic rings. The van der Waals surface area contributed by atoms with Gasteiger partial charge in [-0.1, -0.05) is 6.07 Å². The maximum atomic E-state index is 14.2. The zero-order valence-electron chi connectivity index (χ0n) is 17.1. The van der Waals surface area contributed by atoms with Gasteiger partial charge in [-0.3, -0.25) is 9.30 Å². The molecule has 1 saturated carbocycles. The topological polar surface area (TPSA) is 42.7 Å². The molecule has 0 amide bonds. The number of alkyl halides is 3. The van der Waals surface area contributed by atoms with Crippen molar-refractivity contribution in [1.29, 1.82) is 0 Å². The van der Waals surface area contributed by atoms with Gasteiger partial charge in [0.15, 0.2) is 5.65 Å². The maximum Gasteiger partial charge on any atom is 0.420 e. The lowest BCUT2D eigenvalue weighted by Gasteiger charge is -2.33. The first-order valence-electron chi connectivity index (χ1n) is 10.5. The largest absolute Gasteiger partial charge is 0.420 e. The normalized spacial score (nSPS) is 20.2. The standard InChI is InChI=1S/C22H21F5N4O/c23-15-3-4-16(17(24)10-15)18-12-30(7-8-32-18)11-14-5-6-31-19(9-13-1-2-13)28-29-21(31)20(14)22(25,26)27/h3-6,10,13,18H,1-2,7-9,11-12H2. The number of ether oxygens (including phenoxy) is 1. The van der Waals surface area contributed by atoms with Crippen LogP contribution in [0.25, 0.3) is 5.65 Å². The summed E-state index contributed by atoms with van der Waals surface area (Å²) < 4.78 is 76.6. The zero-order valence-corrected chi connectivity index (χ0v) is 17.1. The Balaban J connectivity index is 1.42. The fourth-order valence-corrected chi connectivity index (χ4v) is 4.24. The fourth-order valence-electron chi connectivity index (χ4n) is 4.24. The molecule has 0 radical (unpaired) electrons. The van der Waals surface area contributed by atoms with Crippen molar-refractivity contribution in [3.8, 4) is 0 Å². The molecule has 1 aromatic carbocycles. The van der Waals surface area contributed by atoms with Crippen molar-refractivity contribution in [3.63, 3.8) is 0 Å². The molecule has 170 valence electrons. The van der Waals surface area contributed by atoms with Crippen molar-refractivity contribution in [3.05, 3.63) is 64.6 Å². The molecule has 3 heterocycles. The first kappa shape index (κ1) is 21.3. The molecule has 0 N–H and O–H groups in total. The van der Waals surface area contributed by atoms with Crippen LogP contribution in [0.2, 0.25) is 0 Å². The fraction of sp³-hybridized carbons (Fsp3) is 0.455. The molecule has 0 bridgehead atoms. The first-order valence-corrected chi connectivity index (χ1v) is 10.5. The predicted molar refractivity (Wildman–Crippen MR) is 105 cm³/mol. The molecule has 1 aliphatic carbocycles. The lowest BCUT2D eigenvalue weighted by Crippen LogP contribution is -2.38. The predicted octanol–water partition coefficient (Wildman–Crippen LogP) is 4.55. The monoisotopic (exact) mass is 452 g/mol. The van der Waals surface area contributed by atoms with E-state index in [4.69, 9.17) is 4.74 Å². The highest BCUT2D eigenvalue weighted by atomic mass is 19.4. The van der Waals surface area contributed by atoms with Crippen LogP contribution < -0.4 is 0 Å². The van der Waals surface area contributed by atoms with E-state index in [1.54, 1.807) is 11.1 Å². The lowest BCUT2D eigenvalue weighted by molar-refractivity contribution is -0.137. The molecule has 3 aromatic rings. The van der Waals surface area contributed by atoms with Crippen LogP contribution >= 0.6 is 0 Å². The Bertz CT molecular complexity index is 1140. The molecule has 10 heteroatoms. The van der Waals surface area contributed by atoms with E-state index in [0.717, 1.165) is 25.0 Å². The third-order valence-electron chi connectivity index (χ3n) is 6.04. The minimum Gasteiger partial charge on any atom is -0.371 e. The van der Waals surface area contributed by atoms with Crippen LogP contribution in [0.1, 0.15) is 41.5 Å². The van der Waals surface area contributed by atoms with Crippen LogP contribution in [0.5, 0.6) is 0 Å². The Morgan fingerprint density at radius 1 is 1.09 bits per heavy atom. The molecular formula is C22H21F5N4O. The summed E-state index contributed by atoms with van der Waals surface area (Å²) in [6, 6.07) is 4.68. The molecule has 1 atom stereocenters. The summed E-state index contributed by atoms with van der Waals surface area (Å²) in [7, 11) is 0. The third kappa shape index (κ3) is 4.21. The first-order chi connectivity index (χ1) is 15.3. The van der Waals surface area contributed by atoms with Gasteiger partial charge in [-0.05, 0) is 36.5 Å². The van der Waals surface area contributed by atoms with Gasteiger partial charge in [0.1, 0.15) is 23.0 Å². The van der Waals surface area contributed by atoms with E-state index >= 15 is 0 Å². The number of nitrogens with zero attached hydrogens (tertiary/aromatic N) is 4. The smallest absolute Gasteiger partial charge is 0.371 e. The Morgan fingerprint density at radius 3 is 2.62 bits per heavy atom. The van der Waals surface area contributed by atoms with E-state index in [2.05, 4.69) is 10.2 Å². The summed E-state index contributed by atoms with van der Waals surface area (Å²) in [5, 5.41) is 7.88. The van der Waals surface area contributed by atoms with Crippen LogP contribution in [0.15, 0.2) is 30.5 Å². The van der Waals surface area contributed by atoms with Gasteiger partial charge in [-0.15, -0.1) is 10.2 Å². The molecule has 1 unspecified atom stereocenters. The van der Waals surface area contributed by atoms with Crippen molar-refractivity contribution in [1.82, 2.24) is 19.5 Å². The Hall–Kier alpha value is -2.59. The molecule has 2 fully saturated rings. The van der Waals surface area contributed by atoms with Crippen molar-refractivity contribution >= 4 is 5.65 Å². The quantitative estimate of drug-likeness (QED) is 0.533. The summed E-state index contributed by atoms with van der Waals surface area (Å²) in [5.41, 5.74) is -0.731. The van der Waals surface area contributed by atoms with Gasteiger partial charge in [0.25, 0.3) is 0 Å². The second kappa shape index (κ2) is 8.08. The molecule has 1 saturated heterocycles. The summed E-state index contributed by atoms with van der Waals surface area (Å²) in [6.07, 6.45) is -0.962. The maximum absolute atomic E-state index is 14.2. The number of aromatic nitrogens is 3. The van der Waals surface area contributed by atoms with Gasteiger partial charge in [-0.25, -0.2) is 8.78 Å². The lowest BCUT2D eigenvalue weighted by atomic mass is 10.0. The number of pyridine rings is 1. The van der Waals surface area contributed by atoms with E-state index in [1.165, 1.54) is 16.5 Å². The second-order valence-corrected chi connectivity index (χ2v) is 8.43. The molecule has 1 aliphatic heterocycles. The van der Waals surface area contributed by atoms with E-state index < -0.39 is 29.5 Å². The zero-order chi connectivity index (χ0) is 22.5. The Morgan fingerprint density at radius 2 is 1.91 bits per heavy atom. The number of hydrogen-bond acceptors (Lipinski definition) is 4.